The fourth-order valence-electron chi connectivity index (χ4n) is 2.98. The van der Waals surface area contributed by atoms with Gasteiger partial charge in [-0.3, -0.25) is 0 Å². The van der Waals surface area contributed by atoms with E-state index in [1.807, 2.05) is 31.2 Å². The second kappa shape index (κ2) is 6.99. The van der Waals surface area contributed by atoms with E-state index in [1.165, 1.54) is 0 Å². The van der Waals surface area contributed by atoms with Crippen LogP contribution in [-0.4, -0.2) is 36.2 Å². The SMILES string of the molecule is CC(NC(=O)Nc1cccc(-c2nnnn2C)c1)c1ccc2[nH]c(=O)[nH]c2c1. The number of aromatic nitrogens is 6. The third-order valence-corrected chi connectivity index (χ3v) is 4.39. The van der Waals surface area contributed by atoms with Crippen LogP contribution in [-0.2, 0) is 7.05 Å². The molecule has 2 aromatic carbocycles. The van der Waals surface area contributed by atoms with Gasteiger partial charge in [0, 0.05) is 18.3 Å². The molecule has 0 aliphatic heterocycles. The van der Waals surface area contributed by atoms with Crippen LogP contribution in [0.15, 0.2) is 47.3 Å². The first kappa shape index (κ1) is 17.5. The van der Waals surface area contributed by atoms with Gasteiger partial charge >= 0.3 is 11.7 Å². The van der Waals surface area contributed by atoms with Gasteiger partial charge in [-0.15, -0.1) is 5.10 Å². The summed E-state index contributed by atoms with van der Waals surface area (Å²) in [4.78, 5) is 29.2. The van der Waals surface area contributed by atoms with E-state index in [4.69, 9.17) is 0 Å². The number of aromatic amines is 2. The molecule has 10 nitrogen and oxygen atoms in total. The summed E-state index contributed by atoms with van der Waals surface area (Å²) in [5.74, 6) is 0.603. The van der Waals surface area contributed by atoms with Crippen molar-refractivity contribution in [3.05, 3.63) is 58.5 Å². The molecule has 0 radical (unpaired) electrons. The second-order valence-electron chi connectivity index (χ2n) is 6.41. The lowest BCUT2D eigenvalue weighted by Crippen LogP contribution is -2.31. The highest BCUT2D eigenvalue weighted by Crippen LogP contribution is 2.20. The highest BCUT2D eigenvalue weighted by Gasteiger charge is 2.12. The molecule has 0 saturated heterocycles. The number of amides is 2. The average Bonchev–Trinajstić information content (AvgIpc) is 3.25. The van der Waals surface area contributed by atoms with E-state index in [1.54, 1.807) is 29.9 Å². The minimum atomic E-state index is -0.344. The van der Waals surface area contributed by atoms with Gasteiger partial charge in [-0.2, -0.15) is 0 Å². The van der Waals surface area contributed by atoms with Crippen LogP contribution in [0.5, 0.6) is 0 Å². The zero-order chi connectivity index (χ0) is 19.7. The Morgan fingerprint density at radius 3 is 2.75 bits per heavy atom. The maximum Gasteiger partial charge on any atom is 0.323 e. The highest BCUT2D eigenvalue weighted by molar-refractivity contribution is 5.90. The number of nitrogens with one attached hydrogen (secondary N) is 4. The predicted octanol–water partition coefficient (Wildman–Crippen LogP) is 1.93. The molecule has 10 heteroatoms. The number of hydrogen-bond acceptors (Lipinski definition) is 5. The van der Waals surface area contributed by atoms with Gasteiger partial charge in [0.15, 0.2) is 5.82 Å². The van der Waals surface area contributed by atoms with E-state index in [9.17, 15) is 9.59 Å². The Bertz CT molecular complexity index is 1210. The number of imidazole rings is 1. The molecule has 0 spiro atoms. The summed E-state index contributed by atoms with van der Waals surface area (Å²) in [6, 6.07) is 12.2. The van der Waals surface area contributed by atoms with Crippen molar-refractivity contribution in [1.29, 1.82) is 0 Å². The molecule has 1 unspecified atom stereocenters. The van der Waals surface area contributed by atoms with Gasteiger partial charge in [-0.05, 0) is 47.2 Å². The molecular formula is C18H18N8O2. The first-order valence-electron chi connectivity index (χ1n) is 8.62. The minimum absolute atomic E-state index is 0.256. The van der Waals surface area contributed by atoms with Crippen molar-refractivity contribution in [2.24, 2.45) is 7.05 Å². The van der Waals surface area contributed by atoms with Crippen LogP contribution in [0.25, 0.3) is 22.4 Å². The van der Waals surface area contributed by atoms with Gasteiger partial charge in [0.05, 0.1) is 17.1 Å². The van der Waals surface area contributed by atoms with Crippen LogP contribution >= 0.6 is 0 Å². The zero-order valence-corrected chi connectivity index (χ0v) is 15.2. The maximum atomic E-state index is 12.4. The van der Waals surface area contributed by atoms with Crippen LogP contribution in [0.4, 0.5) is 10.5 Å². The van der Waals surface area contributed by atoms with E-state index in [-0.39, 0.29) is 17.8 Å². The number of H-pyrrole nitrogens is 2. The van der Waals surface area contributed by atoms with Crippen molar-refractivity contribution in [2.45, 2.75) is 13.0 Å². The lowest BCUT2D eigenvalue weighted by molar-refractivity contribution is 0.249. The molecule has 2 heterocycles. The third kappa shape index (κ3) is 3.47. The average molecular weight is 378 g/mol. The minimum Gasteiger partial charge on any atom is -0.331 e. The molecule has 0 fully saturated rings. The summed E-state index contributed by atoms with van der Waals surface area (Å²) in [5.41, 5.74) is 3.44. The summed E-state index contributed by atoms with van der Waals surface area (Å²) in [7, 11) is 1.75. The number of carbonyl (C=O) groups is 1. The van der Waals surface area contributed by atoms with Gasteiger partial charge in [0.25, 0.3) is 0 Å². The summed E-state index contributed by atoms with van der Waals surface area (Å²) in [6.07, 6.45) is 0. The summed E-state index contributed by atoms with van der Waals surface area (Å²) < 4.78 is 1.56. The van der Waals surface area contributed by atoms with Crippen LogP contribution in [0.1, 0.15) is 18.5 Å². The monoisotopic (exact) mass is 378 g/mol. The molecule has 0 saturated carbocycles. The number of benzene rings is 2. The Labute approximate surface area is 159 Å². The van der Waals surface area contributed by atoms with E-state index in [2.05, 4.69) is 36.1 Å². The van der Waals surface area contributed by atoms with Crippen molar-refractivity contribution in [3.8, 4) is 11.4 Å². The van der Waals surface area contributed by atoms with Gasteiger partial charge in [-0.25, -0.2) is 14.3 Å². The van der Waals surface area contributed by atoms with Crippen molar-refractivity contribution in [1.82, 2.24) is 35.5 Å². The molecule has 2 aromatic heterocycles. The van der Waals surface area contributed by atoms with Crippen LogP contribution in [0, 0.1) is 0 Å². The van der Waals surface area contributed by atoms with E-state index in [0.29, 0.717) is 17.0 Å². The normalized spacial score (nSPS) is 12.1. The van der Waals surface area contributed by atoms with Crippen molar-refractivity contribution in [3.63, 3.8) is 0 Å². The Kier molecular flexibility index (Phi) is 4.36. The van der Waals surface area contributed by atoms with Crippen molar-refractivity contribution in [2.75, 3.05) is 5.32 Å². The molecule has 1 atom stereocenters. The number of aryl methyl sites for hydroxylation is 1. The molecule has 4 N–H and O–H groups in total. The summed E-state index contributed by atoms with van der Waals surface area (Å²) >= 11 is 0. The molecule has 4 aromatic rings. The number of anilines is 1. The van der Waals surface area contributed by atoms with Crippen LogP contribution < -0.4 is 16.3 Å². The number of tetrazole rings is 1. The Balaban J connectivity index is 1.46. The first-order valence-corrected chi connectivity index (χ1v) is 8.62. The summed E-state index contributed by atoms with van der Waals surface area (Å²) in [6.45, 7) is 1.87. The maximum absolute atomic E-state index is 12.4. The Morgan fingerprint density at radius 1 is 1.14 bits per heavy atom. The quantitative estimate of drug-likeness (QED) is 0.431. The number of urea groups is 1. The molecule has 0 bridgehead atoms. The van der Waals surface area contributed by atoms with Crippen LogP contribution in [0.2, 0.25) is 0 Å². The Hall–Kier alpha value is -3.95. The fourth-order valence-corrected chi connectivity index (χ4v) is 2.98. The van der Waals surface area contributed by atoms with Gasteiger partial charge in [0.1, 0.15) is 0 Å². The first-order chi connectivity index (χ1) is 13.5. The number of carbonyl (C=O) groups excluding carboxylic acids is 1. The van der Waals surface area contributed by atoms with E-state index < -0.39 is 0 Å². The molecule has 0 aliphatic rings. The number of rotatable bonds is 4. The largest absolute Gasteiger partial charge is 0.331 e. The topological polar surface area (TPSA) is 133 Å². The standard InChI is InChI=1S/C18H18N8O2/c1-10(11-6-7-14-15(9-11)22-18(28)21-14)19-17(27)20-13-5-3-4-12(8-13)16-23-24-25-26(16)2/h3-10H,1-2H3,(H2,19,20,27)(H2,21,22,28). The predicted molar refractivity (Wildman–Crippen MR) is 104 cm³/mol. The smallest absolute Gasteiger partial charge is 0.323 e. The third-order valence-electron chi connectivity index (χ3n) is 4.39. The molecule has 2 amide bonds. The lowest BCUT2D eigenvalue weighted by Gasteiger charge is -2.15. The fraction of sp³-hybridized carbons (Fsp3) is 0.167. The van der Waals surface area contributed by atoms with Crippen LogP contribution in [0.3, 0.4) is 0 Å². The molecule has 0 aliphatic carbocycles. The number of fused-ring (bicyclic) bond motifs is 1. The van der Waals surface area contributed by atoms with E-state index >= 15 is 0 Å². The molecule has 4 rings (SSSR count). The second-order valence-corrected chi connectivity index (χ2v) is 6.41. The molecule has 28 heavy (non-hydrogen) atoms. The van der Waals surface area contributed by atoms with Crippen molar-refractivity contribution >= 4 is 22.8 Å². The number of nitrogens with zero attached hydrogens (tertiary/aromatic N) is 4. The highest BCUT2D eigenvalue weighted by atomic mass is 16.2. The molecular weight excluding hydrogens is 360 g/mol. The lowest BCUT2D eigenvalue weighted by atomic mass is 10.1. The molecule has 142 valence electrons. The van der Waals surface area contributed by atoms with Crippen molar-refractivity contribution < 1.29 is 4.79 Å². The van der Waals surface area contributed by atoms with Gasteiger partial charge < -0.3 is 20.6 Å². The van der Waals surface area contributed by atoms with E-state index in [0.717, 1.165) is 16.6 Å². The van der Waals surface area contributed by atoms with Gasteiger partial charge in [0.2, 0.25) is 0 Å². The zero-order valence-electron chi connectivity index (χ0n) is 15.2. The van der Waals surface area contributed by atoms with Gasteiger partial charge in [-0.1, -0.05) is 18.2 Å². The summed E-state index contributed by atoms with van der Waals surface area (Å²) in [5, 5.41) is 17.1. The Morgan fingerprint density at radius 2 is 1.96 bits per heavy atom. The number of hydrogen-bond donors (Lipinski definition) is 4.